The Kier molecular flexibility index (Phi) is 2.88. The van der Waals surface area contributed by atoms with Crippen LogP contribution in [0.15, 0.2) is 30.3 Å². The van der Waals surface area contributed by atoms with Crippen molar-refractivity contribution >= 4 is 28.3 Å². The fourth-order valence-corrected chi connectivity index (χ4v) is 1.97. The number of primary amides is 2. The highest BCUT2D eigenvalue weighted by Gasteiger charge is 2.23. The van der Waals surface area contributed by atoms with Crippen molar-refractivity contribution in [2.24, 2.45) is 11.5 Å². The van der Waals surface area contributed by atoms with E-state index < -0.39 is 16.7 Å². The largest absolute Gasteiger partial charge is 0.366 e. The van der Waals surface area contributed by atoms with E-state index in [0.717, 1.165) is 6.07 Å². The van der Waals surface area contributed by atoms with Crippen LogP contribution in [0, 0.1) is 10.1 Å². The second-order valence-corrected chi connectivity index (χ2v) is 3.85. The first kappa shape index (κ1) is 12.5. The fourth-order valence-electron chi connectivity index (χ4n) is 1.97. The van der Waals surface area contributed by atoms with Gasteiger partial charge in [0.05, 0.1) is 21.4 Å². The Labute approximate surface area is 106 Å². The fraction of sp³-hybridized carbons (Fsp3) is 0. The molecule has 7 heteroatoms. The topological polar surface area (TPSA) is 129 Å². The molecule has 0 atom stereocenters. The van der Waals surface area contributed by atoms with Gasteiger partial charge in [-0.15, -0.1) is 0 Å². The number of nitro benzene ring substituents is 1. The Morgan fingerprint density at radius 1 is 1.05 bits per heavy atom. The van der Waals surface area contributed by atoms with Crippen molar-refractivity contribution in [3.8, 4) is 0 Å². The van der Waals surface area contributed by atoms with Crippen molar-refractivity contribution in [1.29, 1.82) is 0 Å². The van der Waals surface area contributed by atoms with Crippen LogP contribution in [0.1, 0.15) is 20.7 Å². The number of non-ortho nitro benzene ring substituents is 1. The summed E-state index contributed by atoms with van der Waals surface area (Å²) in [7, 11) is 0. The first-order chi connectivity index (χ1) is 8.93. The normalized spacial score (nSPS) is 10.3. The van der Waals surface area contributed by atoms with Gasteiger partial charge in [-0.25, -0.2) is 0 Å². The molecule has 2 rings (SSSR count). The highest BCUT2D eigenvalue weighted by molar-refractivity contribution is 6.16. The third-order valence-corrected chi connectivity index (χ3v) is 2.73. The summed E-state index contributed by atoms with van der Waals surface area (Å²) in [6.07, 6.45) is 0. The number of hydrogen-bond acceptors (Lipinski definition) is 4. The molecule has 0 unspecified atom stereocenters. The first-order valence-electron chi connectivity index (χ1n) is 5.23. The smallest absolute Gasteiger partial charge is 0.278 e. The van der Waals surface area contributed by atoms with Gasteiger partial charge in [0, 0.05) is 11.5 Å². The van der Waals surface area contributed by atoms with Crippen LogP contribution in [0.3, 0.4) is 0 Å². The summed E-state index contributed by atoms with van der Waals surface area (Å²) in [5.74, 6) is -1.80. The standard InChI is InChI=1S/C12H9N3O4/c13-11(16)8-5-9(15(18)19)6-3-1-2-4-7(6)10(8)12(14)17/h1-5H,(H2,13,16)(H2,14,17). The lowest BCUT2D eigenvalue weighted by atomic mass is 9.96. The van der Waals surface area contributed by atoms with Crippen molar-refractivity contribution in [1.82, 2.24) is 0 Å². The minimum atomic E-state index is -0.942. The molecular formula is C12H9N3O4. The van der Waals surface area contributed by atoms with Crippen LogP contribution in [0.2, 0.25) is 0 Å². The maximum atomic E-state index is 11.5. The van der Waals surface area contributed by atoms with Crippen molar-refractivity contribution in [3.05, 3.63) is 51.6 Å². The van der Waals surface area contributed by atoms with E-state index in [1.165, 1.54) is 12.1 Å². The number of nitrogens with zero attached hydrogens (tertiary/aromatic N) is 1. The zero-order valence-electron chi connectivity index (χ0n) is 9.62. The summed E-state index contributed by atoms with van der Waals surface area (Å²) in [5.41, 5.74) is 9.72. The molecule has 0 aliphatic carbocycles. The average Bonchev–Trinajstić information content (AvgIpc) is 2.35. The lowest BCUT2D eigenvalue weighted by Crippen LogP contribution is -2.21. The number of hydrogen-bond donors (Lipinski definition) is 2. The molecule has 2 aromatic rings. The molecule has 4 N–H and O–H groups in total. The lowest BCUT2D eigenvalue weighted by Gasteiger charge is -2.08. The number of rotatable bonds is 3. The van der Waals surface area contributed by atoms with Crippen LogP contribution >= 0.6 is 0 Å². The highest BCUT2D eigenvalue weighted by atomic mass is 16.6. The van der Waals surface area contributed by atoms with E-state index in [-0.39, 0.29) is 27.6 Å². The van der Waals surface area contributed by atoms with Gasteiger partial charge in [-0.2, -0.15) is 0 Å². The zero-order chi connectivity index (χ0) is 14.2. The Morgan fingerprint density at radius 3 is 2.11 bits per heavy atom. The Bertz CT molecular complexity index is 724. The SMILES string of the molecule is NC(=O)c1cc([N+](=O)[O-])c2ccccc2c1C(N)=O. The van der Waals surface area contributed by atoms with Gasteiger partial charge in [0.15, 0.2) is 0 Å². The van der Waals surface area contributed by atoms with Gasteiger partial charge in [-0.3, -0.25) is 19.7 Å². The predicted molar refractivity (Wildman–Crippen MR) is 67.6 cm³/mol. The number of benzene rings is 2. The number of carbonyl (C=O) groups excluding carboxylic acids is 2. The van der Waals surface area contributed by atoms with Crippen molar-refractivity contribution in [2.75, 3.05) is 0 Å². The molecule has 0 heterocycles. The predicted octanol–water partition coefficient (Wildman–Crippen LogP) is 0.946. The van der Waals surface area contributed by atoms with E-state index in [2.05, 4.69) is 0 Å². The number of nitro groups is 1. The molecule has 0 aliphatic rings. The van der Waals surface area contributed by atoms with E-state index in [4.69, 9.17) is 11.5 Å². The summed E-state index contributed by atoms with van der Waals surface area (Å²) >= 11 is 0. The molecule has 7 nitrogen and oxygen atoms in total. The number of fused-ring (bicyclic) bond motifs is 1. The first-order valence-corrected chi connectivity index (χ1v) is 5.23. The zero-order valence-corrected chi connectivity index (χ0v) is 9.62. The third kappa shape index (κ3) is 1.97. The van der Waals surface area contributed by atoms with Crippen molar-refractivity contribution < 1.29 is 14.5 Å². The van der Waals surface area contributed by atoms with Gasteiger partial charge in [-0.05, 0) is 6.07 Å². The molecule has 0 aromatic heterocycles. The van der Waals surface area contributed by atoms with Crippen molar-refractivity contribution in [2.45, 2.75) is 0 Å². The molecule has 0 aliphatic heterocycles. The minimum absolute atomic E-state index is 0.103. The lowest BCUT2D eigenvalue weighted by molar-refractivity contribution is -0.383. The summed E-state index contributed by atoms with van der Waals surface area (Å²) in [6.45, 7) is 0. The number of nitrogens with two attached hydrogens (primary N) is 2. The summed E-state index contributed by atoms with van der Waals surface area (Å²) in [4.78, 5) is 33.2. The maximum Gasteiger partial charge on any atom is 0.278 e. The number of amides is 2. The van der Waals surface area contributed by atoms with Gasteiger partial charge < -0.3 is 11.5 Å². The van der Waals surface area contributed by atoms with E-state index in [1.54, 1.807) is 12.1 Å². The maximum absolute atomic E-state index is 11.5. The molecule has 0 saturated heterocycles. The van der Waals surface area contributed by atoms with Crippen LogP contribution in [0.5, 0.6) is 0 Å². The summed E-state index contributed by atoms with van der Waals surface area (Å²) < 4.78 is 0. The average molecular weight is 259 g/mol. The molecule has 0 radical (unpaired) electrons. The van der Waals surface area contributed by atoms with E-state index in [9.17, 15) is 19.7 Å². The molecule has 19 heavy (non-hydrogen) atoms. The van der Waals surface area contributed by atoms with Gasteiger partial charge in [-0.1, -0.05) is 18.2 Å². The summed E-state index contributed by atoms with van der Waals surface area (Å²) in [5, 5.41) is 11.5. The molecule has 2 aromatic carbocycles. The van der Waals surface area contributed by atoms with E-state index >= 15 is 0 Å². The summed E-state index contributed by atoms with van der Waals surface area (Å²) in [6, 6.07) is 7.11. The van der Waals surface area contributed by atoms with Crippen LogP contribution < -0.4 is 11.5 Å². The second-order valence-electron chi connectivity index (χ2n) is 3.85. The van der Waals surface area contributed by atoms with Crippen molar-refractivity contribution in [3.63, 3.8) is 0 Å². The van der Waals surface area contributed by atoms with Gasteiger partial charge >= 0.3 is 0 Å². The Balaban J connectivity index is 3.03. The highest BCUT2D eigenvalue weighted by Crippen LogP contribution is 2.31. The Hall–Kier alpha value is -2.96. The molecule has 0 fully saturated rings. The molecular weight excluding hydrogens is 250 g/mol. The van der Waals surface area contributed by atoms with Crippen LogP contribution in [0.4, 0.5) is 5.69 Å². The molecule has 0 bridgehead atoms. The van der Waals surface area contributed by atoms with Gasteiger partial charge in [0.25, 0.3) is 5.69 Å². The van der Waals surface area contributed by atoms with E-state index in [1.807, 2.05) is 0 Å². The molecule has 96 valence electrons. The van der Waals surface area contributed by atoms with Gasteiger partial charge in [0.1, 0.15) is 0 Å². The third-order valence-electron chi connectivity index (χ3n) is 2.73. The van der Waals surface area contributed by atoms with E-state index in [0.29, 0.717) is 0 Å². The molecule has 0 spiro atoms. The monoisotopic (exact) mass is 259 g/mol. The Morgan fingerprint density at radius 2 is 1.63 bits per heavy atom. The van der Waals surface area contributed by atoms with Crippen LogP contribution in [0.25, 0.3) is 10.8 Å². The quantitative estimate of drug-likeness (QED) is 0.627. The van der Waals surface area contributed by atoms with Crippen LogP contribution in [-0.2, 0) is 0 Å². The number of carbonyl (C=O) groups is 2. The molecule has 2 amide bonds. The minimum Gasteiger partial charge on any atom is -0.366 e. The molecule has 0 saturated carbocycles. The van der Waals surface area contributed by atoms with Crippen LogP contribution in [-0.4, -0.2) is 16.7 Å². The van der Waals surface area contributed by atoms with Gasteiger partial charge in [0.2, 0.25) is 11.8 Å². The second kappa shape index (κ2) is 4.37.